The van der Waals surface area contributed by atoms with Crippen molar-refractivity contribution >= 4 is 5.97 Å². The lowest BCUT2D eigenvalue weighted by Gasteiger charge is -2.21. The number of hydrogen-bond donors (Lipinski definition) is 1. The molecule has 0 aliphatic rings. The van der Waals surface area contributed by atoms with Crippen LogP contribution in [0.15, 0.2) is 0 Å². The highest BCUT2D eigenvalue weighted by Crippen LogP contribution is 2.11. The number of carbonyl (C=O) groups is 1. The van der Waals surface area contributed by atoms with Gasteiger partial charge in [-0.25, -0.2) is 0 Å². The molecule has 0 aromatic carbocycles. The number of carboxylic acids is 1. The highest BCUT2D eigenvalue weighted by Gasteiger charge is 2.07. The van der Waals surface area contributed by atoms with Gasteiger partial charge in [0.2, 0.25) is 0 Å². The third-order valence-corrected chi connectivity index (χ3v) is 5.30. The fourth-order valence-electron chi connectivity index (χ4n) is 3.53. The molecule has 156 valence electrons. The van der Waals surface area contributed by atoms with Crippen LogP contribution in [0.2, 0.25) is 0 Å². The molecule has 0 radical (unpaired) electrons. The summed E-state index contributed by atoms with van der Waals surface area (Å²) < 4.78 is 0. The minimum absolute atomic E-state index is 0.286. The van der Waals surface area contributed by atoms with Gasteiger partial charge in [0.25, 0.3) is 0 Å². The van der Waals surface area contributed by atoms with E-state index in [4.69, 9.17) is 5.11 Å². The van der Waals surface area contributed by atoms with E-state index in [1.54, 1.807) is 0 Å². The van der Waals surface area contributed by atoms with Gasteiger partial charge in [-0.15, -0.1) is 0 Å². The zero-order chi connectivity index (χ0) is 19.3. The molecule has 0 aromatic rings. The third kappa shape index (κ3) is 19.8. The van der Waals surface area contributed by atoms with Crippen molar-refractivity contribution in [1.82, 2.24) is 4.90 Å². The van der Waals surface area contributed by atoms with E-state index in [0.29, 0.717) is 0 Å². The van der Waals surface area contributed by atoms with E-state index >= 15 is 0 Å². The molecule has 1 N–H and O–H groups in total. The summed E-state index contributed by atoms with van der Waals surface area (Å²) in [5, 5.41) is 8.96. The first-order valence-corrected chi connectivity index (χ1v) is 11.6. The predicted octanol–water partition coefficient (Wildman–Crippen LogP) is 7.04. The summed E-state index contributed by atoms with van der Waals surface area (Å²) in [6.45, 7) is 7.41. The van der Waals surface area contributed by atoms with Crippen LogP contribution in [0.4, 0.5) is 0 Å². The van der Waals surface area contributed by atoms with Crippen molar-refractivity contribution in [2.75, 3.05) is 19.6 Å². The van der Waals surface area contributed by atoms with Gasteiger partial charge in [-0.2, -0.15) is 0 Å². The second-order valence-corrected chi connectivity index (χ2v) is 7.94. The molecule has 0 heterocycles. The van der Waals surface area contributed by atoms with E-state index < -0.39 is 5.97 Å². The highest BCUT2D eigenvalue weighted by atomic mass is 16.4. The fourth-order valence-corrected chi connectivity index (χ4v) is 3.53. The van der Waals surface area contributed by atoms with Crippen molar-refractivity contribution < 1.29 is 9.90 Å². The van der Waals surface area contributed by atoms with Crippen molar-refractivity contribution in [2.45, 2.75) is 123 Å². The molecule has 0 saturated heterocycles. The summed E-state index contributed by atoms with van der Waals surface area (Å²) in [4.78, 5) is 13.3. The van der Waals surface area contributed by atoms with Crippen LogP contribution in [0, 0.1) is 0 Å². The fraction of sp³-hybridized carbons (Fsp3) is 0.957. The quantitative estimate of drug-likeness (QED) is 0.220. The molecule has 0 unspecified atom stereocenters. The summed E-state index contributed by atoms with van der Waals surface area (Å²) >= 11 is 0. The topological polar surface area (TPSA) is 40.5 Å². The van der Waals surface area contributed by atoms with E-state index in [9.17, 15) is 4.79 Å². The second kappa shape index (κ2) is 20.7. The normalized spacial score (nSPS) is 11.3. The molecule has 0 aliphatic heterocycles. The van der Waals surface area contributed by atoms with Crippen LogP contribution in [0.3, 0.4) is 0 Å². The second-order valence-electron chi connectivity index (χ2n) is 7.94. The Morgan fingerprint density at radius 3 is 1.27 bits per heavy atom. The van der Waals surface area contributed by atoms with Gasteiger partial charge in [0.15, 0.2) is 0 Å². The molecule has 26 heavy (non-hydrogen) atoms. The maximum Gasteiger partial charge on any atom is 0.304 e. The maximum atomic E-state index is 10.9. The van der Waals surface area contributed by atoms with Crippen molar-refractivity contribution in [3.8, 4) is 0 Å². The predicted molar refractivity (Wildman–Crippen MR) is 114 cm³/mol. The Hall–Kier alpha value is -0.570. The first-order chi connectivity index (χ1) is 12.7. The Labute approximate surface area is 163 Å². The molecule has 0 fully saturated rings. The summed E-state index contributed by atoms with van der Waals surface area (Å²) in [6, 6.07) is 0. The summed E-state index contributed by atoms with van der Waals surface area (Å²) in [5.41, 5.74) is 0. The number of unbranched alkanes of at least 4 members (excludes halogenated alkanes) is 14. The van der Waals surface area contributed by atoms with Crippen LogP contribution < -0.4 is 0 Å². The van der Waals surface area contributed by atoms with Crippen LogP contribution in [0.5, 0.6) is 0 Å². The standard InChI is InChI=1S/C23H47NO2/c1-3-5-7-9-11-13-15-17-20-24(22-19-23(25)26)21-18-16-14-12-10-8-6-4-2/h3-22H2,1-2H3,(H,25,26). The molecule has 0 rings (SSSR count). The molecule has 0 aromatic heterocycles. The Bertz CT molecular complexity index is 274. The van der Waals surface area contributed by atoms with Crippen LogP contribution in [-0.4, -0.2) is 35.6 Å². The van der Waals surface area contributed by atoms with Crippen LogP contribution in [0.1, 0.15) is 123 Å². The number of carboxylic acid groups (broad SMARTS) is 1. The smallest absolute Gasteiger partial charge is 0.304 e. The van der Waals surface area contributed by atoms with Gasteiger partial charge in [-0.1, -0.05) is 104 Å². The Kier molecular flexibility index (Phi) is 20.3. The zero-order valence-electron chi connectivity index (χ0n) is 17.9. The monoisotopic (exact) mass is 369 g/mol. The van der Waals surface area contributed by atoms with Gasteiger partial charge < -0.3 is 10.0 Å². The molecule has 3 nitrogen and oxygen atoms in total. The number of hydrogen-bond acceptors (Lipinski definition) is 2. The molecule has 3 heteroatoms. The van der Waals surface area contributed by atoms with Gasteiger partial charge in [0.1, 0.15) is 0 Å². The first-order valence-electron chi connectivity index (χ1n) is 11.6. The molecule has 0 spiro atoms. The maximum absolute atomic E-state index is 10.9. The number of aliphatic carboxylic acids is 1. The van der Waals surface area contributed by atoms with Crippen LogP contribution in [-0.2, 0) is 4.79 Å². The van der Waals surface area contributed by atoms with E-state index in [2.05, 4.69) is 18.7 Å². The third-order valence-electron chi connectivity index (χ3n) is 5.30. The van der Waals surface area contributed by atoms with Crippen LogP contribution in [0.25, 0.3) is 0 Å². The molecule has 0 amide bonds. The van der Waals surface area contributed by atoms with E-state index in [1.807, 2.05) is 0 Å². The lowest BCUT2D eigenvalue weighted by atomic mass is 10.1. The van der Waals surface area contributed by atoms with Crippen LogP contribution >= 0.6 is 0 Å². The lowest BCUT2D eigenvalue weighted by Crippen LogP contribution is -2.28. The minimum Gasteiger partial charge on any atom is -0.481 e. The van der Waals surface area contributed by atoms with Gasteiger partial charge in [-0.3, -0.25) is 4.79 Å². The van der Waals surface area contributed by atoms with Gasteiger partial charge in [-0.05, 0) is 25.9 Å². The van der Waals surface area contributed by atoms with Crippen molar-refractivity contribution in [3.05, 3.63) is 0 Å². The average Bonchev–Trinajstić information content (AvgIpc) is 2.63. The summed E-state index contributed by atoms with van der Waals surface area (Å²) in [7, 11) is 0. The van der Waals surface area contributed by atoms with E-state index in [-0.39, 0.29) is 6.42 Å². The molecule has 0 atom stereocenters. The largest absolute Gasteiger partial charge is 0.481 e. The first kappa shape index (κ1) is 25.4. The van der Waals surface area contributed by atoms with Gasteiger partial charge in [0, 0.05) is 6.54 Å². The molecular weight excluding hydrogens is 322 g/mol. The average molecular weight is 370 g/mol. The van der Waals surface area contributed by atoms with Crippen molar-refractivity contribution in [3.63, 3.8) is 0 Å². The Morgan fingerprint density at radius 2 is 0.923 bits per heavy atom. The van der Waals surface area contributed by atoms with Gasteiger partial charge in [0.05, 0.1) is 6.42 Å². The highest BCUT2D eigenvalue weighted by molar-refractivity contribution is 5.66. The van der Waals surface area contributed by atoms with E-state index in [1.165, 1.54) is 103 Å². The SMILES string of the molecule is CCCCCCCCCCN(CCCCCCCCCC)CCC(=O)O. The lowest BCUT2D eigenvalue weighted by molar-refractivity contribution is -0.137. The number of rotatable bonds is 21. The molecule has 0 bridgehead atoms. The molecule has 0 saturated carbocycles. The van der Waals surface area contributed by atoms with Crippen molar-refractivity contribution in [1.29, 1.82) is 0 Å². The minimum atomic E-state index is -0.665. The summed E-state index contributed by atoms with van der Waals surface area (Å²) in [5.74, 6) is -0.665. The Morgan fingerprint density at radius 1 is 0.577 bits per heavy atom. The zero-order valence-corrected chi connectivity index (χ0v) is 17.9. The Balaban J connectivity index is 3.68. The summed E-state index contributed by atoms with van der Waals surface area (Å²) in [6.07, 6.45) is 21.7. The van der Waals surface area contributed by atoms with Gasteiger partial charge >= 0.3 is 5.97 Å². The van der Waals surface area contributed by atoms with Crippen molar-refractivity contribution in [2.24, 2.45) is 0 Å². The number of nitrogens with zero attached hydrogens (tertiary/aromatic N) is 1. The molecular formula is C23H47NO2. The molecule has 0 aliphatic carbocycles. The van der Waals surface area contributed by atoms with E-state index in [0.717, 1.165) is 19.6 Å².